The first-order valence-corrected chi connectivity index (χ1v) is 8.10. The van der Waals surface area contributed by atoms with Crippen molar-refractivity contribution < 1.29 is 27.4 Å². The Morgan fingerprint density at radius 1 is 1.32 bits per heavy atom. The van der Waals surface area contributed by atoms with Crippen molar-refractivity contribution in [2.75, 3.05) is 32.6 Å². The zero-order valence-corrected chi connectivity index (χ0v) is 14.5. The second-order valence-corrected chi connectivity index (χ2v) is 6.11. The molecule has 0 radical (unpaired) electrons. The summed E-state index contributed by atoms with van der Waals surface area (Å²) in [4.78, 5) is 14.1. The molecule has 0 aromatic heterocycles. The number of carbonyl (C=O) groups is 1. The summed E-state index contributed by atoms with van der Waals surface area (Å²) < 4.78 is 49.2. The molecule has 0 spiro atoms. The van der Waals surface area contributed by atoms with Crippen LogP contribution >= 0.6 is 0 Å². The molecule has 2 rings (SSSR count). The molecule has 1 amide bonds. The second-order valence-electron chi connectivity index (χ2n) is 6.11. The molecule has 140 valence electrons. The molecule has 2 unspecified atom stereocenters. The van der Waals surface area contributed by atoms with Crippen molar-refractivity contribution in [2.45, 2.75) is 32.0 Å². The van der Waals surface area contributed by atoms with Crippen molar-refractivity contribution in [3.63, 3.8) is 0 Å². The Bertz CT molecular complexity index is 607. The number of piperidine rings is 1. The number of halogens is 3. The molecular weight excluding hydrogens is 337 g/mol. The van der Waals surface area contributed by atoms with Crippen LogP contribution in [0.4, 0.5) is 18.9 Å². The number of carbonyl (C=O) groups excluding carboxylic acids is 1. The van der Waals surface area contributed by atoms with Gasteiger partial charge < -0.3 is 14.8 Å². The van der Waals surface area contributed by atoms with E-state index in [9.17, 15) is 18.0 Å². The molecule has 0 bridgehead atoms. The number of methoxy groups -OCH3 is 2. The van der Waals surface area contributed by atoms with Crippen LogP contribution in [0.15, 0.2) is 18.2 Å². The van der Waals surface area contributed by atoms with Crippen molar-refractivity contribution in [1.29, 1.82) is 0 Å². The third-order valence-corrected chi connectivity index (χ3v) is 4.51. The molecule has 1 aromatic rings. The van der Waals surface area contributed by atoms with E-state index in [0.717, 1.165) is 0 Å². The number of rotatable bonds is 5. The largest absolute Gasteiger partial charge is 0.497 e. The topological polar surface area (TPSA) is 50.8 Å². The Balaban J connectivity index is 2.07. The van der Waals surface area contributed by atoms with Gasteiger partial charge in [-0.3, -0.25) is 9.69 Å². The van der Waals surface area contributed by atoms with E-state index in [4.69, 9.17) is 9.47 Å². The van der Waals surface area contributed by atoms with Gasteiger partial charge in [0.2, 0.25) is 5.91 Å². The number of alkyl halides is 3. The Hall–Kier alpha value is -1.96. The first-order chi connectivity index (χ1) is 11.8. The zero-order valence-electron chi connectivity index (χ0n) is 14.5. The quantitative estimate of drug-likeness (QED) is 0.875. The van der Waals surface area contributed by atoms with Crippen LogP contribution in [0.5, 0.6) is 11.5 Å². The smallest absolute Gasteiger partial charge is 0.393 e. The van der Waals surface area contributed by atoms with Gasteiger partial charge in [0, 0.05) is 12.6 Å². The van der Waals surface area contributed by atoms with Crippen molar-refractivity contribution in [3.05, 3.63) is 18.2 Å². The molecule has 1 N–H and O–H groups in total. The molecule has 1 heterocycles. The molecule has 25 heavy (non-hydrogen) atoms. The van der Waals surface area contributed by atoms with Gasteiger partial charge in [-0.05, 0) is 38.4 Å². The Morgan fingerprint density at radius 2 is 2.04 bits per heavy atom. The number of ether oxygens (including phenoxy) is 2. The Labute approximate surface area is 145 Å². The van der Waals surface area contributed by atoms with Crippen LogP contribution in [0.25, 0.3) is 0 Å². The number of hydrogen-bond acceptors (Lipinski definition) is 4. The number of anilines is 1. The van der Waals surface area contributed by atoms with Gasteiger partial charge in [0.1, 0.15) is 11.5 Å². The maximum absolute atomic E-state index is 13.0. The van der Waals surface area contributed by atoms with Crippen LogP contribution in [0.1, 0.15) is 19.8 Å². The summed E-state index contributed by atoms with van der Waals surface area (Å²) in [7, 11) is 2.97. The van der Waals surface area contributed by atoms with Crippen LogP contribution < -0.4 is 14.8 Å². The molecule has 1 fully saturated rings. The predicted octanol–water partition coefficient (Wildman–Crippen LogP) is 3.31. The minimum atomic E-state index is -4.23. The highest BCUT2D eigenvalue weighted by molar-refractivity contribution is 5.96. The van der Waals surface area contributed by atoms with Crippen molar-refractivity contribution in [1.82, 2.24) is 4.90 Å². The van der Waals surface area contributed by atoms with E-state index in [0.29, 0.717) is 30.2 Å². The first-order valence-electron chi connectivity index (χ1n) is 8.10. The maximum Gasteiger partial charge on any atom is 0.393 e. The number of hydrogen-bond donors (Lipinski definition) is 1. The monoisotopic (exact) mass is 360 g/mol. The van der Waals surface area contributed by atoms with Crippen LogP contribution in [0, 0.1) is 5.92 Å². The van der Waals surface area contributed by atoms with Gasteiger partial charge in [0.15, 0.2) is 0 Å². The highest BCUT2D eigenvalue weighted by atomic mass is 19.4. The minimum Gasteiger partial charge on any atom is -0.497 e. The Morgan fingerprint density at radius 3 is 2.64 bits per heavy atom. The van der Waals surface area contributed by atoms with E-state index in [1.54, 1.807) is 30.0 Å². The van der Waals surface area contributed by atoms with Crippen molar-refractivity contribution in [3.8, 4) is 11.5 Å². The summed E-state index contributed by atoms with van der Waals surface area (Å²) in [6.07, 6.45) is -3.70. The van der Waals surface area contributed by atoms with Crippen molar-refractivity contribution >= 4 is 11.6 Å². The number of nitrogens with one attached hydrogen (secondary N) is 1. The first kappa shape index (κ1) is 19.4. The summed E-state index contributed by atoms with van der Waals surface area (Å²) in [5, 5.41) is 2.72. The van der Waals surface area contributed by atoms with E-state index in [1.807, 2.05) is 0 Å². The summed E-state index contributed by atoms with van der Waals surface area (Å²) in [5.41, 5.74) is 0.420. The van der Waals surface area contributed by atoms with Crippen LogP contribution in [0.3, 0.4) is 0 Å². The van der Waals surface area contributed by atoms with Gasteiger partial charge in [0.05, 0.1) is 31.9 Å². The standard InChI is InChI=1S/C17H23F3N2O3/c1-11(22-8-4-5-12(10-22)17(18,19)20)16(23)21-14-9-13(24-2)6-7-15(14)25-3/h6-7,9,11-12H,4-5,8,10H2,1-3H3,(H,21,23). The predicted molar refractivity (Wildman–Crippen MR) is 88.0 cm³/mol. The summed E-state index contributed by atoms with van der Waals surface area (Å²) in [6, 6.07) is 4.27. The van der Waals surface area contributed by atoms with Crippen molar-refractivity contribution in [2.24, 2.45) is 5.92 Å². The second kappa shape index (κ2) is 7.95. The van der Waals surface area contributed by atoms with Gasteiger partial charge in [-0.2, -0.15) is 13.2 Å². The molecule has 0 aliphatic carbocycles. The molecule has 8 heteroatoms. The number of nitrogens with zero attached hydrogens (tertiary/aromatic N) is 1. The average Bonchev–Trinajstić information content (AvgIpc) is 2.60. The van der Waals surface area contributed by atoms with E-state index >= 15 is 0 Å². The molecule has 1 saturated heterocycles. The lowest BCUT2D eigenvalue weighted by Gasteiger charge is -2.36. The van der Waals surface area contributed by atoms with E-state index in [1.165, 1.54) is 14.2 Å². The molecule has 1 aliphatic heterocycles. The lowest BCUT2D eigenvalue weighted by molar-refractivity contribution is -0.188. The Kier molecular flexibility index (Phi) is 6.16. The normalized spacial score (nSPS) is 20.0. The minimum absolute atomic E-state index is 0.109. The molecular formula is C17H23F3N2O3. The molecule has 1 aromatic carbocycles. The highest BCUT2D eigenvalue weighted by Gasteiger charge is 2.43. The maximum atomic E-state index is 13.0. The summed E-state index contributed by atoms with van der Waals surface area (Å²) in [6.45, 7) is 1.92. The molecule has 5 nitrogen and oxygen atoms in total. The molecule has 2 atom stereocenters. The summed E-state index contributed by atoms with van der Waals surface area (Å²) in [5.74, 6) is -0.774. The fourth-order valence-corrected chi connectivity index (χ4v) is 2.94. The van der Waals surface area contributed by atoms with E-state index < -0.39 is 18.1 Å². The van der Waals surface area contributed by atoms with Crippen LogP contribution in [0.2, 0.25) is 0 Å². The molecule has 0 saturated carbocycles. The van der Waals surface area contributed by atoms with E-state index in [2.05, 4.69) is 5.32 Å². The van der Waals surface area contributed by atoms with Crippen LogP contribution in [-0.2, 0) is 4.79 Å². The number of benzene rings is 1. The third-order valence-electron chi connectivity index (χ3n) is 4.51. The van der Waals surface area contributed by atoms with E-state index in [-0.39, 0.29) is 18.9 Å². The van der Waals surface area contributed by atoms with Gasteiger partial charge in [-0.15, -0.1) is 0 Å². The molecule has 1 aliphatic rings. The lowest BCUT2D eigenvalue weighted by Crippen LogP contribution is -2.49. The number of likely N-dealkylation sites (tertiary alicyclic amines) is 1. The zero-order chi connectivity index (χ0) is 18.6. The van der Waals surface area contributed by atoms with Gasteiger partial charge in [-0.1, -0.05) is 0 Å². The number of amides is 1. The van der Waals surface area contributed by atoms with Gasteiger partial charge in [0.25, 0.3) is 0 Å². The van der Waals surface area contributed by atoms with Crippen LogP contribution in [-0.4, -0.2) is 50.3 Å². The third kappa shape index (κ3) is 4.78. The van der Waals surface area contributed by atoms with Gasteiger partial charge in [-0.25, -0.2) is 0 Å². The lowest BCUT2D eigenvalue weighted by atomic mass is 9.96. The highest BCUT2D eigenvalue weighted by Crippen LogP contribution is 2.34. The SMILES string of the molecule is COc1ccc(OC)c(NC(=O)C(C)N2CCCC(C(F)(F)F)C2)c1. The summed E-state index contributed by atoms with van der Waals surface area (Å²) >= 11 is 0. The average molecular weight is 360 g/mol. The van der Waals surface area contributed by atoms with Gasteiger partial charge >= 0.3 is 6.18 Å². The fraction of sp³-hybridized carbons (Fsp3) is 0.588. The fourth-order valence-electron chi connectivity index (χ4n) is 2.94.